The number of fused-ring (bicyclic) bond motifs is 5. The average molecular weight is 504 g/mol. The Bertz CT molecular complexity index is 1330. The van der Waals surface area contributed by atoms with Gasteiger partial charge in [0, 0.05) is 30.0 Å². The molecule has 7 heteroatoms. The van der Waals surface area contributed by atoms with Gasteiger partial charge in [0.1, 0.15) is 12.4 Å². The van der Waals surface area contributed by atoms with Gasteiger partial charge in [-0.3, -0.25) is 4.79 Å². The monoisotopic (exact) mass is 503 g/mol. The smallest absolute Gasteiger partial charge is 0.410 e. The molecule has 37 heavy (non-hydrogen) atoms. The number of carbonyl (C=O) groups is 2. The van der Waals surface area contributed by atoms with Gasteiger partial charge in [0.05, 0.1) is 12.7 Å². The van der Waals surface area contributed by atoms with E-state index in [2.05, 4.69) is 24.3 Å². The number of carbonyl (C=O) groups excluding carboxylic acids is 2. The molecule has 2 bridgehead atoms. The quantitative estimate of drug-likeness (QED) is 0.381. The molecule has 3 aromatic carbocycles. The van der Waals surface area contributed by atoms with E-state index in [-0.39, 0.29) is 47.8 Å². The van der Waals surface area contributed by atoms with E-state index in [0.717, 1.165) is 30.0 Å². The molecule has 1 aliphatic carbocycles. The van der Waals surface area contributed by atoms with Crippen molar-refractivity contribution in [1.82, 2.24) is 4.90 Å². The molecule has 2 fully saturated rings. The minimum absolute atomic E-state index is 0.0246. The number of halogens is 2. The summed E-state index contributed by atoms with van der Waals surface area (Å²) in [5.74, 6) is -2.77. The summed E-state index contributed by atoms with van der Waals surface area (Å²) in [5.41, 5.74) is 4.56. The number of ketones is 1. The maximum absolute atomic E-state index is 14.2. The van der Waals surface area contributed by atoms with Crippen molar-refractivity contribution in [3.8, 4) is 16.9 Å². The molecule has 2 saturated heterocycles. The van der Waals surface area contributed by atoms with Crippen LogP contribution in [0.25, 0.3) is 11.1 Å². The number of methoxy groups -OCH3 is 1. The third-order valence-corrected chi connectivity index (χ3v) is 8.13. The summed E-state index contributed by atoms with van der Waals surface area (Å²) < 4.78 is 39.0. The highest BCUT2D eigenvalue weighted by molar-refractivity contribution is 6.00. The predicted molar refractivity (Wildman–Crippen MR) is 134 cm³/mol. The number of piperidine rings is 1. The van der Waals surface area contributed by atoms with E-state index in [1.165, 1.54) is 18.2 Å². The molecule has 5 nitrogen and oxygen atoms in total. The van der Waals surface area contributed by atoms with Crippen molar-refractivity contribution in [3.05, 3.63) is 89.0 Å². The summed E-state index contributed by atoms with van der Waals surface area (Å²) in [4.78, 5) is 28.3. The molecule has 0 aromatic heterocycles. The summed E-state index contributed by atoms with van der Waals surface area (Å²) >= 11 is 0. The molecule has 2 unspecified atom stereocenters. The predicted octanol–water partition coefficient (Wildman–Crippen LogP) is 6.35. The van der Waals surface area contributed by atoms with Crippen LogP contribution in [-0.4, -0.2) is 42.6 Å². The molecule has 2 heterocycles. The normalized spacial score (nSPS) is 21.9. The number of benzene rings is 3. The number of hydrogen-bond acceptors (Lipinski definition) is 4. The summed E-state index contributed by atoms with van der Waals surface area (Å²) in [6, 6.07) is 17.8. The van der Waals surface area contributed by atoms with Crippen LogP contribution in [0, 0.1) is 17.6 Å². The maximum Gasteiger partial charge on any atom is 0.410 e. The number of Topliss-reactive ketones (excluding diaryl/α,β-unsaturated/α-hetero) is 1. The molecule has 2 atom stereocenters. The van der Waals surface area contributed by atoms with Crippen LogP contribution < -0.4 is 4.74 Å². The van der Waals surface area contributed by atoms with Gasteiger partial charge in [-0.15, -0.1) is 0 Å². The van der Waals surface area contributed by atoms with Crippen molar-refractivity contribution in [2.45, 2.75) is 43.7 Å². The molecule has 1 amide bonds. The fourth-order valence-electron chi connectivity index (χ4n) is 6.53. The third kappa shape index (κ3) is 3.97. The van der Waals surface area contributed by atoms with E-state index < -0.39 is 17.6 Å². The molecule has 190 valence electrons. The highest BCUT2D eigenvalue weighted by Gasteiger charge is 2.46. The lowest BCUT2D eigenvalue weighted by Gasteiger charge is -2.38. The Morgan fingerprint density at radius 2 is 1.51 bits per heavy atom. The number of nitrogens with zero attached hydrogens (tertiary/aromatic N) is 1. The minimum Gasteiger partial charge on any atom is -0.493 e. The van der Waals surface area contributed by atoms with Crippen LogP contribution in [0.5, 0.6) is 5.75 Å². The topological polar surface area (TPSA) is 55.8 Å². The van der Waals surface area contributed by atoms with E-state index in [1.807, 2.05) is 24.3 Å². The zero-order valence-corrected chi connectivity index (χ0v) is 20.5. The molecule has 3 aliphatic rings. The van der Waals surface area contributed by atoms with Crippen LogP contribution in [-0.2, 0) is 4.74 Å². The van der Waals surface area contributed by atoms with Crippen molar-refractivity contribution in [1.29, 1.82) is 0 Å². The van der Waals surface area contributed by atoms with Crippen molar-refractivity contribution in [2.75, 3.05) is 13.7 Å². The van der Waals surface area contributed by atoms with Gasteiger partial charge in [0.15, 0.2) is 17.3 Å². The number of rotatable bonds is 5. The zero-order valence-electron chi connectivity index (χ0n) is 20.5. The summed E-state index contributed by atoms with van der Waals surface area (Å²) in [6.45, 7) is 0.241. The molecule has 0 N–H and O–H groups in total. The summed E-state index contributed by atoms with van der Waals surface area (Å²) in [7, 11) is 1.26. The molecule has 3 aromatic rings. The molecule has 2 aliphatic heterocycles. The third-order valence-electron chi connectivity index (χ3n) is 8.13. The SMILES string of the molecule is COc1c(F)cc(F)cc1C(=O)C1CC2CCC(C1)N2C(=O)OCC1c2ccccc2-c2ccccc21. The second-order valence-electron chi connectivity index (χ2n) is 10.1. The van der Waals surface area contributed by atoms with E-state index in [1.54, 1.807) is 4.90 Å². The van der Waals surface area contributed by atoms with Crippen molar-refractivity contribution in [2.24, 2.45) is 5.92 Å². The van der Waals surface area contributed by atoms with Gasteiger partial charge in [-0.05, 0) is 54.0 Å². The molecule has 0 radical (unpaired) electrons. The van der Waals surface area contributed by atoms with Gasteiger partial charge in [-0.25, -0.2) is 13.6 Å². The van der Waals surface area contributed by atoms with Gasteiger partial charge in [-0.2, -0.15) is 0 Å². The Kier molecular flexibility index (Phi) is 5.94. The molecular formula is C30H27F2NO4. The Hall–Kier alpha value is -3.74. The Morgan fingerprint density at radius 3 is 2.11 bits per heavy atom. The highest BCUT2D eigenvalue weighted by atomic mass is 19.1. The first-order chi connectivity index (χ1) is 18.0. The first kappa shape index (κ1) is 23.6. The molecular weight excluding hydrogens is 476 g/mol. The first-order valence-corrected chi connectivity index (χ1v) is 12.7. The van der Waals surface area contributed by atoms with Crippen molar-refractivity contribution < 1.29 is 27.8 Å². The molecule has 0 saturated carbocycles. The van der Waals surface area contributed by atoms with Crippen LogP contribution in [0.15, 0.2) is 60.7 Å². The van der Waals surface area contributed by atoms with E-state index in [4.69, 9.17) is 9.47 Å². The van der Waals surface area contributed by atoms with Gasteiger partial charge >= 0.3 is 6.09 Å². The Morgan fingerprint density at radius 1 is 0.919 bits per heavy atom. The van der Waals surface area contributed by atoms with E-state index >= 15 is 0 Å². The Labute approximate surface area is 214 Å². The van der Waals surface area contributed by atoms with Gasteiger partial charge < -0.3 is 14.4 Å². The van der Waals surface area contributed by atoms with Crippen LogP contribution >= 0.6 is 0 Å². The van der Waals surface area contributed by atoms with Crippen LogP contribution in [0.2, 0.25) is 0 Å². The van der Waals surface area contributed by atoms with Gasteiger partial charge in [0.25, 0.3) is 0 Å². The fraction of sp³-hybridized carbons (Fsp3) is 0.333. The van der Waals surface area contributed by atoms with Crippen LogP contribution in [0.4, 0.5) is 13.6 Å². The van der Waals surface area contributed by atoms with Crippen LogP contribution in [0.3, 0.4) is 0 Å². The fourth-order valence-corrected chi connectivity index (χ4v) is 6.53. The molecule has 0 spiro atoms. The van der Waals surface area contributed by atoms with Gasteiger partial charge in [-0.1, -0.05) is 48.5 Å². The zero-order chi connectivity index (χ0) is 25.7. The standard InChI is InChI=1S/C30H27F2NO4/c1-36-29-25(14-18(31)15-27(29)32)28(34)17-12-19-10-11-20(13-17)33(19)30(35)37-16-26-23-8-4-2-6-21(23)22-7-3-5-9-24(22)26/h2-9,14-15,17,19-20,26H,10-13,16H2,1H3. The van der Waals surface area contributed by atoms with E-state index in [9.17, 15) is 18.4 Å². The maximum atomic E-state index is 14.2. The minimum atomic E-state index is -0.898. The van der Waals surface area contributed by atoms with Crippen LogP contribution in [0.1, 0.15) is 53.1 Å². The molecule has 6 rings (SSSR count). The Balaban J connectivity index is 1.16. The van der Waals surface area contributed by atoms with Gasteiger partial charge in [0.2, 0.25) is 0 Å². The largest absolute Gasteiger partial charge is 0.493 e. The average Bonchev–Trinajstić information content (AvgIpc) is 3.37. The summed E-state index contributed by atoms with van der Waals surface area (Å²) in [6.07, 6.45) is 2.04. The summed E-state index contributed by atoms with van der Waals surface area (Å²) in [5, 5.41) is 0. The number of ether oxygens (including phenoxy) is 2. The van der Waals surface area contributed by atoms with Crippen molar-refractivity contribution >= 4 is 11.9 Å². The lowest BCUT2D eigenvalue weighted by Crippen LogP contribution is -2.48. The second kappa shape index (κ2) is 9.29. The highest BCUT2D eigenvalue weighted by Crippen LogP contribution is 2.45. The number of hydrogen-bond donors (Lipinski definition) is 0. The lowest BCUT2D eigenvalue weighted by molar-refractivity contribution is 0.0504. The number of amides is 1. The second-order valence-corrected chi connectivity index (χ2v) is 10.1. The lowest BCUT2D eigenvalue weighted by atomic mass is 9.84. The van der Waals surface area contributed by atoms with E-state index in [0.29, 0.717) is 18.9 Å². The first-order valence-electron chi connectivity index (χ1n) is 12.7. The van der Waals surface area contributed by atoms with Crippen molar-refractivity contribution in [3.63, 3.8) is 0 Å².